The van der Waals surface area contributed by atoms with Gasteiger partial charge in [0.05, 0.1) is 17.9 Å². The molecule has 6 heteroatoms. The van der Waals surface area contributed by atoms with E-state index in [-0.39, 0.29) is 17.9 Å². The first-order valence-corrected chi connectivity index (χ1v) is 7.66. The lowest BCUT2D eigenvalue weighted by molar-refractivity contribution is 0.365. The maximum atomic E-state index is 13.1. The summed E-state index contributed by atoms with van der Waals surface area (Å²) in [5.74, 6) is -0.241. The zero-order chi connectivity index (χ0) is 16.2. The van der Waals surface area contributed by atoms with E-state index in [1.807, 2.05) is 16.9 Å². The molecular formula is C17H20FN5. The highest BCUT2D eigenvalue weighted by molar-refractivity contribution is 5.62. The summed E-state index contributed by atoms with van der Waals surface area (Å²) < 4.78 is 15.0. The number of nitrogens with zero attached hydrogens (tertiary/aromatic N) is 3. The van der Waals surface area contributed by atoms with Crippen LogP contribution in [0.1, 0.15) is 25.5 Å². The largest absolute Gasteiger partial charge is 0.308 e. The molecule has 2 heterocycles. The van der Waals surface area contributed by atoms with E-state index in [1.165, 1.54) is 12.1 Å². The van der Waals surface area contributed by atoms with Crippen LogP contribution in [0.4, 0.5) is 4.39 Å². The Morgan fingerprint density at radius 3 is 2.74 bits per heavy atom. The molecule has 3 rings (SSSR count). The SMILES string of the molecule is C[C@H]([C@@H](C)NCc1cn[nH]c1-c1ccc(F)cc1)n1cccn1. The Morgan fingerprint density at radius 2 is 2.04 bits per heavy atom. The Bertz CT molecular complexity index is 733. The average molecular weight is 313 g/mol. The molecule has 0 unspecified atom stereocenters. The molecule has 0 bridgehead atoms. The van der Waals surface area contributed by atoms with Crippen molar-refractivity contribution in [2.24, 2.45) is 0 Å². The second-order valence-electron chi connectivity index (χ2n) is 5.67. The van der Waals surface area contributed by atoms with E-state index in [4.69, 9.17) is 0 Å². The minimum Gasteiger partial charge on any atom is -0.308 e. The topological polar surface area (TPSA) is 58.5 Å². The van der Waals surface area contributed by atoms with E-state index in [0.29, 0.717) is 6.54 Å². The number of benzene rings is 1. The van der Waals surface area contributed by atoms with Gasteiger partial charge in [-0.3, -0.25) is 9.78 Å². The van der Waals surface area contributed by atoms with Crippen molar-refractivity contribution in [3.63, 3.8) is 0 Å². The first kappa shape index (κ1) is 15.4. The van der Waals surface area contributed by atoms with Crippen LogP contribution in [0.15, 0.2) is 48.9 Å². The molecule has 0 aliphatic heterocycles. The quantitative estimate of drug-likeness (QED) is 0.735. The molecule has 2 N–H and O–H groups in total. The van der Waals surface area contributed by atoms with Crippen molar-refractivity contribution in [1.82, 2.24) is 25.3 Å². The minimum absolute atomic E-state index is 0.241. The number of rotatable bonds is 6. The Labute approximate surface area is 134 Å². The van der Waals surface area contributed by atoms with E-state index < -0.39 is 0 Å². The van der Waals surface area contributed by atoms with Crippen LogP contribution < -0.4 is 5.32 Å². The molecule has 3 aromatic rings. The van der Waals surface area contributed by atoms with Gasteiger partial charge in [0.15, 0.2) is 0 Å². The predicted octanol–water partition coefficient (Wildman–Crippen LogP) is 3.15. The fourth-order valence-corrected chi connectivity index (χ4v) is 2.50. The lowest BCUT2D eigenvalue weighted by atomic mass is 10.1. The highest BCUT2D eigenvalue weighted by atomic mass is 19.1. The molecule has 0 saturated carbocycles. The average Bonchev–Trinajstić information content (AvgIpc) is 3.24. The zero-order valence-corrected chi connectivity index (χ0v) is 13.2. The maximum Gasteiger partial charge on any atom is 0.123 e. The van der Waals surface area contributed by atoms with Gasteiger partial charge in [0, 0.05) is 36.1 Å². The lowest BCUT2D eigenvalue weighted by Crippen LogP contribution is -2.33. The summed E-state index contributed by atoms with van der Waals surface area (Å²) in [5.41, 5.74) is 2.89. The minimum atomic E-state index is -0.241. The van der Waals surface area contributed by atoms with Crippen molar-refractivity contribution in [3.05, 3.63) is 60.3 Å². The first-order chi connectivity index (χ1) is 11.1. The summed E-state index contributed by atoms with van der Waals surface area (Å²) in [5, 5.41) is 14.9. The van der Waals surface area contributed by atoms with Crippen LogP contribution in [-0.2, 0) is 6.54 Å². The highest BCUT2D eigenvalue weighted by Gasteiger charge is 2.15. The van der Waals surface area contributed by atoms with Gasteiger partial charge in [-0.1, -0.05) is 0 Å². The lowest BCUT2D eigenvalue weighted by Gasteiger charge is -2.21. The van der Waals surface area contributed by atoms with Gasteiger partial charge in [0.25, 0.3) is 0 Å². The van der Waals surface area contributed by atoms with Crippen molar-refractivity contribution in [1.29, 1.82) is 0 Å². The van der Waals surface area contributed by atoms with E-state index in [0.717, 1.165) is 16.8 Å². The molecule has 120 valence electrons. The fraction of sp³-hybridized carbons (Fsp3) is 0.294. The van der Waals surface area contributed by atoms with Crippen molar-refractivity contribution in [2.45, 2.75) is 32.5 Å². The van der Waals surface area contributed by atoms with Crippen molar-refractivity contribution in [2.75, 3.05) is 0 Å². The Kier molecular flexibility index (Phi) is 4.52. The predicted molar refractivity (Wildman–Crippen MR) is 87.2 cm³/mol. The maximum absolute atomic E-state index is 13.1. The summed E-state index contributed by atoms with van der Waals surface area (Å²) in [6.07, 6.45) is 5.55. The van der Waals surface area contributed by atoms with E-state index in [2.05, 4.69) is 34.5 Å². The molecule has 0 fully saturated rings. The summed E-state index contributed by atoms with van der Waals surface area (Å²) in [7, 11) is 0. The smallest absolute Gasteiger partial charge is 0.123 e. The fourth-order valence-electron chi connectivity index (χ4n) is 2.50. The van der Waals surface area contributed by atoms with Crippen LogP contribution >= 0.6 is 0 Å². The normalized spacial score (nSPS) is 13.9. The molecule has 0 radical (unpaired) electrons. The number of hydrogen-bond donors (Lipinski definition) is 2. The van der Waals surface area contributed by atoms with Crippen LogP contribution in [0.3, 0.4) is 0 Å². The molecular weight excluding hydrogens is 293 g/mol. The van der Waals surface area contributed by atoms with E-state index >= 15 is 0 Å². The molecule has 0 amide bonds. The molecule has 1 aromatic carbocycles. The molecule has 0 aliphatic rings. The molecule has 2 atom stereocenters. The summed E-state index contributed by atoms with van der Waals surface area (Å²) in [6, 6.07) is 8.82. The summed E-state index contributed by atoms with van der Waals surface area (Å²) >= 11 is 0. The Hall–Kier alpha value is -2.47. The molecule has 23 heavy (non-hydrogen) atoms. The third-order valence-electron chi connectivity index (χ3n) is 4.13. The van der Waals surface area contributed by atoms with Gasteiger partial charge in [0.1, 0.15) is 5.82 Å². The number of hydrogen-bond acceptors (Lipinski definition) is 3. The summed E-state index contributed by atoms with van der Waals surface area (Å²) in [4.78, 5) is 0. The Morgan fingerprint density at radius 1 is 1.26 bits per heavy atom. The number of nitrogens with one attached hydrogen (secondary N) is 2. The molecule has 5 nitrogen and oxygen atoms in total. The van der Waals surface area contributed by atoms with Crippen LogP contribution in [-0.4, -0.2) is 26.0 Å². The number of aromatic nitrogens is 4. The zero-order valence-electron chi connectivity index (χ0n) is 13.2. The molecule has 2 aromatic heterocycles. The molecule has 0 aliphatic carbocycles. The van der Waals surface area contributed by atoms with Crippen LogP contribution in [0, 0.1) is 5.82 Å². The molecule has 0 saturated heterocycles. The van der Waals surface area contributed by atoms with Gasteiger partial charge in [-0.25, -0.2) is 4.39 Å². The monoisotopic (exact) mass is 313 g/mol. The number of H-pyrrole nitrogens is 1. The third kappa shape index (κ3) is 3.48. The van der Waals surface area contributed by atoms with Gasteiger partial charge in [-0.15, -0.1) is 0 Å². The van der Waals surface area contributed by atoms with Crippen LogP contribution in [0.2, 0.25) is 0 Å². The molecule has 0 spiro atoms. The second kappa shape index (κ2) is 6.75. The third-order valence-corrected chi connectivity index (χ3v) is 4.13. The van der Waals surface area contributed by atoms with Gasteiger partial charge < -0.3 is 5.32 Å². The number of aromatic amines is 1. The Balaban J connectivity index is 1.67. The standard InChI is InChI=1S/C17H20FN5/c1-12(13(2)23-9-3-8-21-23)19-10-15-11-20-22-17(15)14-4-6-16(18)7-5-14/h3-9,11-13,19H,10H2,1-2H3,(H,20,22)/t12-,13-/m1/s1. The summed E-state index contributed by atoms with van der Waals surface area (Å²) in [6.45, 7) is 4.93. The van der Waals surface area contributed by atoms with Gasteiger partial charge in [-0.2, -0.15) is 10.2 Å². The first-order valence-electron chi connectivity index (χ1n) is 7.66. The van der Waals surface area contributed by atoms with Gasteiger partial charge in [-0.05, 0) is 44.2 Å². The highest BCUT2D eigenvalue weighted by Crippen LogP contribution is 2.21. The van der Waals surface area contributed by atoms with Gasteiger partial charge in [0.2, 0.25) is 0 Å². The number of halogens is 1. The van der Waals surface area contributed by atoms with E-state index in [1.54, 1.807) is 24.5 Å². The van der Waals surface area contributed by atoms with Crippen LogP contribution in [0.25, 0.3) is 11.3 Å². The van der Waals surface area contributed by atoms with Crippen LogP contribution in [0.5, 0.6) is 0 Å². The van der Waals surface area contributed by atoms with Crippen molar-refractivity contribution >= 4 is 0 Å². The second-order valence-corrected chi connectivity index (χ2v) is 5.67. The van der Waals surface area contributed by atoms with Crippen molar-refractivity contribution < 1.29 is 4.39 Å². The van der Waals surface area contributed by atoms with E-state index in [9.17, 15) is 4.39 Å². The van der Waals surface area contributed by atoms with Crippen molar-refractivity contribution in [3.8, 4) is 11.3 Å². The van der Waals surface area contributed by atoms with Gasteiger partial charge >= 0.3 is 0 Å².